The molecule has 1 aliphatic heterocycles. The Morgan fingerprint density at radius 1 is 1.47 bits per heavy atom. The van der Waals surface area contributed by atoms with Crippen LogP contribution in [-0.2, 0) is 15.4 Å². The number of hydrogen-bond acceptors (Lipinski definition) is 4. The van der Waals surface area contributed by atoms with E-state index in [9.17, 15) is 13.7 Å². The summed E-state index contributed by atoms with van der Waals surface area (Å²) in [6.07, 6.45) is 1.19. The Bertz CT molecular complexity index is 619. The summed E-state index contributed by atoms with van der Waals surface area (Å²) in [7, 11) is -3.26. The van der Waals surface area contributed by atoms with Gasteiger partial charge in [-0.15, -0.1) is 0 Å². The van der Waals surface area contributed by atoms with E-state index in [0.717, 1.165) is 6.42 Å². The lowest BCUT2D eigenvalue weighted by Crippen LogP contribution is -2.49. The number of rotatable bonds is 3. The number of benzene rings is 1. The van der Waals surface area contributed by atoms with Crippen molar-refractivity contribution in [3.8, 4) is 6.07 Å². The SMILES string of the molecule is CCC(C)NC1(C#N)CCS(=O)(=O)c2ccccc21. The zero-order valence-corrected chi connectivity index (χ0v) is 12.0. The standard InChI is InChI=1S/C14H18N2O2S/c1-3-11(2)16-14(10-15)8-9-19(17,18)13-7-5-4-6-12(13)14/h4-7,11,16H,3,8-9H2,1-2H3. The quantitative estimate of drug-likeness (QED) is 0.917. The van der Waals surface area contributed by atoms with Crippen molar-refractivity contribution >= 4 is 9.84 Å². The van der Waals surface area contributed by atoms with Crippen molar-refractivity contribution in [2.24, 2.45) is 0 Å². The first-order valence-corrected chi connectivity index (χ1v) is 8.11. The molecule has 1 aliphatic rings. The molecule has 0 bridgehead atoms. The fourth-order valence-corrected chi connectivity index (χ4v) is 4.10. The maximum Gasteiger partial charge on any atom is 0.178 e. The van der Waals surface area contributed by atoms with Crippen LogP contribution in [0.25, 0.3) is 0 Å². The molecule has 1 aromatic rings. The smallest absolute Gasteiger partial charge is 0.178 e. The molecule has 0 saturated heterocycles. The van der Waals surface area contributed by atoms with Crippen LogP contribution >= 0.6 is 0 Å². The van der Waals surface area contributed by atoms with Crippen LogP contribution in [0.5, 0.6) is 0 Å². The van der Waals surface area contributed by atoms with Crippen molar-refractivity contribution < 1.29 is 8.42 Å². The van der Waals surface area contributed by atoms with Gasteiger partial charge in [-0.2, -0.15) is 5.26 Å². The topological polar surface area (TPSA) is 70.0 Å². The Kier molecular flexibility index (Phi) is 3.66. The van der Waals surface area contributed by atoms with E-state index in [0.29, 0.717) is 16.9 Å². The van der Waals surface area contributed by atoms with Crippen molar-refractivity contribution in [2.45, 2.75) is 43.2 Å². The lowest BCUT2D eigenvalue weighted by atomic mass is 9.87. The maximum atomic E-state index is 12.1. The van der Waals surface area contributed by atoms with E-state index >= 15 is 0 Å². The van der Waals surface area contributed by atoms with Crippen LogP contribution < -0.4 is 5.32 Å². The molecular weight excluding hydrogens is 260 g/mol. The first-order valence-electron chi connectivity index (χ1n) is 6.46. The van der Waals surface area contributed by atoms with Crippen LogP contribution in [-0.4, -0.2) is 20.2 Å². The molecule has 1 heterocycles. The van der Waals surface area contributed by atoms with Crippen LogP contribution in [0.1, 0.15) is 32.3 Å². The van der Waals surface area contributed by atoms with Crippen LogP contribution in [0.15, 0.2) is 29.2 Å². The van der Waals surface area contributed by atoms with Crippen LogP contribution in [0, 0.1) is 11.3 Å². The average Bonchev–Trinajstić information content (AvgIpc) is 2.42. The summed E-state index contributed by atoms with van der Waals surface area (Å²) in [5.74, 6) is 0.0149. The molecule has 2 atom stereocenters. The van der Waals surface area contributed by atoms with E-state index in [1.165, 1.54) is 0 Å². The summed E-state index contributed by atoms with van der Waals surface area (Å²) in [6.45, 7) is 4.04. The number of nitriles is 1. The van der Waals surface area contributed by atoms with Crippen molar-refractivity contribution in [2.75, 3.05) is 5.75 Å². The summed E-state index contributed by atoms with van der Waals surface area (Å²) in [5.41, 5.74) is -0.304. The molecule has 1 N–H and O–H groups in total. The minimum atomic E-state index is -3.26. The summed E-state index contributed by atoms with van der Waals surface area (Å²) in [5, 5.41) is 12.9. The van der Waals surface area contributed by atoms with Crippen LogP contribution in [0.2, 0.25) is 0 Å². The van der Waals surface area contributed by atoms with Crippen molar-refractivity contribution in [3.63, 3.8) is 0 Å². The number of hydrogen-bond donors (Lipinski definition) is 1. The summed E-state index contributed by atoms with van der Waals surface area (Å²) < 4.78 is 24.2. The van der Waals surface area contributed by atoms with E-state index in [1.54, 1.807) is 24.3 Å². The van der Waals surface area contributed by atoms with Gasteiger partial charge in [-0.1, -0.05) is 25.1 Å². The minimum absolute atomic E-state index is 0.0149. The second-order valence-electron chi connectivity index (χ2n) is 5.04. The van der Waals surface area contributed by atoms with E-state index < -0.39 is 15.4 Å². The Hall–Kier alpha value is -1.38. The van der Waals surface area contributed by atoms with Gasteiger partial charge < -0.3 is 0 Å². The lowest BCUT2D eigenvalue weighted by molar-refractivity contribution is 0.346. The molecule has 0 aliphatic carbocycles. The van der Waals surface area contributed by atoms with Gasteiger partial charge in [0, 0.05) is 11.6 Å². The zero-order valence-electron chi connectivity index (χ0n) is 11.2. The van der Waals surface area contributed by atoms with E-state index in [-0.39, 0.29) is 11.8 Å². The first-order chi connectivity index (χ1) is 8.95. The highest BCUT2D eigenvalue weighted by Crippen LogP contribution is 2.37. The van der Waals surface area contributed by atoms with Crippen LogP contribution in [0.4, 0.5) is 0 Å². The summed E-state index contributed by atoms with van der Waals surface area (Å²) >= 11 is 0. The molecule has 2 rings (SSSR count). The van der Waals surface area contributed by atoms with E-state index in [2.05, 4.69) is 11.4 Å². The van der Waals surface area contributed by atoms with E-state index in [4.69, 9.17) is 0 Å². The summed E-state index contributed by atoms with van der Waals surface area (Å²) in [4.78, 5) is 0.290. The predicted octanol–water partition coefficient (Wildman–Crippen LogP) is 1.97. The van der Waals surface area contributed by atoms with Gasteiger partial charge >= 0.3 is 0 Å². The molecule has 2 unspecified atom stereocenters. The minimum Gasteiger partial charge on any atom is -0.293 e. The third kappa shape index (κ3) is 2.38. The van der Waals surface area contributed by atoms with Gasteiger partial charge in [0.25, 0.3) is 0 Å². The largest absolute Gasteiger partial charge is 0.293 e. The number of sulfone groups is 1. The Morgan fingerprint density at radius 3 is 2.79 bits per heavy atom. The zero-order chi connectivity index (χ0) is 14.1. The molecule has 19 heavy (non-hydrogen) atoms. The molecule has 0 radical (unpaired) electrons. The van der Waals surface area contributed by atoms with Gasteiger partial charge in [-0.25, -0.2) is 8.42 Å². The molecule has 0 fully saturated rings. The van der Waals surface area contributed by atoms with Gasteiger partial charge in [0.2, 0.25) is 0 Å². The van der Waals surface area contributed by atoms with Gasteiger partial charge in [0.1, 0.15) is 5.54 Å². The van der Waals surface area contributed by atoms with Crippen LogP contribution in [0.3, 0.4) is 0 Å². The third-order valence-electron chi connectivity index (χ3n) is 3.72. The Balaban J connectivity index is 2.58. The Morgan fingerprint density at radius 2 is 2.16 bits per heavy atom. The highest BCUT2D eigenvalue weighted by molar-refractivity contribution is 7.91. The van der Waals surface area contributed by atoms with Gasteiger partial charge in [-0.3, -0.25) is 5.32 Å². The maximum absolute atomic E-state index is 12.1. The monoisotopic (exact) mass is 278 g/mol. The highest BCUT2D eigenvalue weighted by Gasteiger charge is 2.42. The molecular formula is C14H18N2O2S. The molecule has 0 amide bonds. The molecule has 5 heteroatoms. The van der Waals surface area contributed by atoms with Crippen molar-refractivity contribution in [1.29, 1.82) is 5.26 Å². The van der Waals surface area contributed by atoms with Gasteiger partial charge in [0.05, 0.1) is 16.7 Å². The fraction of sp³-hybridized carbons (Fsp3) is 0.500. The molecule has 4 nitrogen and oxygen atoms in total. The molecule has 102 valence electrons. The first kappa shape index (κ1) is 14.0. The lowest BCUT2D eigenvalue weighted by Gasteiger charge is -2.36. The van der Waals surface area contributed by atoms with E-state index in [1.807, 2.05) is 13.8 Å². The van der Waals surface area contributed by atoms with Gasteiger partial charge in [0.15, 0.2) is 9.84 Å². The van der Waals surface area contributed by atoms with Crippen molar-refractivity contribution in [3.05, 3.63) is 29.8 Å². The molecule has 0 aromatic heterocycles. The second kappa shape index (κ2) is 4.95. The Labute approximate surface area is 114 Å². The average molecular weight is 278 g/mol. The number of fused-ring (bicyclic) bond motifs is 1. The fourth-order valence-electron chi connectivity index (χ4n) is 2.44. The number of nitrogens with one attached hydrogen (secondary N) is 1. The predicted molar refractivity (Wildman–Crippen MR) is 73.3 cm³/mol. The molecule has 1 aromatic carbocycles. The summed E-state index contributed by atoms with van der Waals surface area (Å²) in [6, 6.07) is 9.28. The molecule has 0 spiro atoms. The highest BCUT2D eigenvalue weighted by atomic mass is 32.2. The number of nitrogens with zero attached hydrogens (tertiary/aromatic N) is 1. The second-order valence-corrected chi connectivity index (χ2v) is 7.11. The van der Waals surface area contributed by atoms with Crippen molar-refractivity contribution in [1.82, 2.24) is 5.32 Å². The molecule has 0 saturated carbocycles. The normalized spacial score (nSPS) is 26.2. The third-order valence-corrected chi connectivity index (χ3v) is 5.49. The van der Waals surface area contributed by atoms with Gasteiger partial charge in [-0.05, 0) is 25.8 Å².